The average molecular weight is 367 g/mol. The summed E-state index contributed by atoms with van der Waals surface area (Å²) in [4.78, 5) is 19.6. The van der Waals surface area contributed by atoms with Gasteiger partial charge in [0.05, 0.1) is 13.2 Å². The number of nitrogens with zero attached hydrogens (tertiary/aromatic N) is 3. The molecule has 1 atom stereocenters. The molecule has 1 amide bonds. The number of hydrogen-bond donors (Lipinski definition) is 0. The van der Waals surface area contributed by atoms with Crippen molar-refractivity contribution in [3.63, 3.8) is 0 Å². The van der Waals surface area contributed by atoms with E-state index >= 15 is 0 Å². The number of benzene rings is 2. The Hall–Kier alpha value is -2.53. The average Bonchev–Trinajstić information content (AvgIpc) is 2.74. The van der Waals surface area contributed by atoms with E-state index < -0.39 is 0 Å². The lowest BCUT2D eigenvalue weighted by atomic mass is 10.1. The van der Waals surface area contributed by atoms with Crippen LogP contribution < -0.4 is 14.5 Å². The van der Waals surface area contributed by atoms with Crippen LogP contribution in [-0.4, -0.2) is 56.7 Å². The molecule has 1 aliphatic heterocycles. The highest BCUT2D eigenvalue weighted by molar-refractivity contribution is 5.96. The quantitative estimate of drug-likeness (QED) is 0.785. The normalized spacial score (nSPS) is 16.0. The number of para-hydroxylation sites is 1. The molecule has 0 spiro atoms. The van der Waals surface area contributed by atoms with E-state index in [1.165, 1.54) is 5.69 Å². The molecule has 1 fully saturated rings. The molecule has 0 aromatic heterocycles. The molecule has 5 heteroatoms. The van der Waals surface area contributed by atoms with Crippen LogP contribution in [0.2, 0.25) is 0 Å². The van der Waals surface area contributed by atoms with E-state index in [0.717, 1.165) is 37.6 Å². The van der Waals surface area contributed by atoms with Gasteiger partial charge in [0, 0.05) is 44.1 Å². The molecule has 5 nitrogen and oxygen atoms in total. The van der Waals surface area contributed by atoms with Crippen molar-refractivity contribution in [3.05, 3.63) is 54.6 Å². The lowest BCUT2D eigenvalue weighted by molar-refractivity contribution is -0.123. The first-order chi connectivity index (χ1) is 13.1. The predicted molar refractivity (Wildman–Crippen MR) is 111 cm³/mol. The van der Waals surface area contributed by atoms with Gasteiger partial charge in [-0.25, -0.2) is 0 Å². The third-order valence-electron chi connectivity index (χ3n) is 5.31. The van der Waals surface area contributed by atoms with Gasteiger partial charge in [0.1, 0.15) is 5.75 Å². The van der Waals surface area contributed by atoms with Crippen LogP contribution in [0.15, 0.2) is 54.6 Å². The number of amides is 1. The van der Waals surface area contributed by atoms with Crippen molar-refractivity contribution in [1.82, 2.24) is 4.90 Å². The van der Waals surface area contributed by atoms with Crippen molar-refractivity contribution in [3.8, 4) is 5.75 Å². The van der Waals surface area contributed by atoms with E-state index in [4.69, 9.17) is 4.74 Å². The number of ether oxygens (including phenoxy) is 1. The SMILES string of the molecule is CCN(C(=O)[C@@H](C)N1CCN(c2ccc(OC)cc2)CC1)c1ccccc1. The van der Waals surface area contributed by atoms with Gasteiger partial charge in [0.15, 0.2) is 0 Å². The largest absolute Gasteiger partial charge is 0.497 e. The molecule has 0 radical (unpaired) electrons. The summed E-state index contributed by atoms with van der Waals surface area (Å²) in [5, 5.41) is 0. The minimum atomic E-state index is -0.122. The van der Waals surface area contributed by atoms with Crippen LogP contribution in [0.25, 0.3) is 0 Å². The number of rotatable bonds is 6. The molecule has 0 bridgehead atoms. The minimum Gasteiger partial charge on any atom is -0.497 e. The fraction of sp³-hybridized carbons (Fsp3) is 0.409. The maximum Gasteiger partial charge on any atom is 0.244 e. The Morgan fingerprint density at radius 2 is 1.67 bits per heavy atom. The Labute approximate surface area is 162 Å². The zero-order valence-corrected chi connectivity index (χ0v) is 16.5. The second kappa shape index (κ2) is 8.91. The van der Waals surface area contributed by atoms with Crippen molar-refractivity contribution >= 4 is 17.3 Å². The van der Waals surface area contributed by atoms with Crippen molar-refractivity contribution in [2.45, 2.75) is 19.9 Å². The van der Waals surface area contributed by atoms with E-state index in [2.05, 4.69) is 21.9 Å². The Bertz CT molecular complexity index is 725. The van der Waals surface area contributed by atoms with Gasteiger partial charge >= 0.3 is 0 Å². The first kappa shape index (κ1) is 19.2. The molecular weight excluding hydrogens is 338 g/mol. The fourth-order valence-corrected chi connectivity index (χ4v) is 3.62. The maximum atomic E-state index is 13.1. The van der Waals surface area contributed by atoms with Gasteiger partial charge in [0.2, 0.25) is 5.91 Å². The van der Waals surface area contributed by atoms with Gasteiger partial charge in [-0.3, -0.25) is 9.69 Å². The molecular formula is C22H29N3O2. The summed E-state index contributed by atoms with van der Waals surface area (Å²) in [5.74, 6) is 1.04. The van der Waals surface area contributed by atoms with E-state index in [1.807, 2.05) is 61.2 Å². The highest BCUT2D eigenvalue weighted by Crippen LogP contribution is 2.22. The molecule has 2 aromatic carbocycles. The van der Waals surface area contributed by atoms with Crippen LogP contribution in [0.4, 0.5) is 11.4 Å². The summed E-state index contributed by atoms with van der Waals surface area (Å²) in [6.45, 7) is 8.33. The molecule has 1 heterocycles. The van der Waals surface area contributed by atoms with Crippen molar-refractivity contribution in [1.29, 1.82) is 0 Å². The number of anilines is 2. The molecule has 27 heavy (non-hydrogen) atoms. The Morgan fingerprint density at radius 1 is 1.04 bits per heavy atom. The van der Waals surface area contributed by atoms with Crippen LogP contribution >= 0.6 is 0 Å². The Morgan fingerprint density at radius 3 is 2.22 bits per heavy atom. The number of methoxy groups -OCH3 is 1. The number of carbonyl (C=O) groups is 1. The zero-order chi connectivity index (χ0) is 19.2. The van der Waals surface area contributed by atoms with Crippen LogP contribution in [0.5, 0.6) is 5.75 Å². The maximum absolute atomic E-state index is 13.1. The van der Waals surface area contributed by atoms with E-state index in [9.17, 15) is 4.79 Å². The minimum absolute atomic E-state index is 0.122. The molecule has 0 saturated carbocycles. The number of carbonyl (C=O) groups excluding carboxylic acids is 1. The van der Waals surface area contributed by atoms with Crippen molar-refractivity contribution in [2.24, 2.45) is 0 Å². The van der Waals surface area contributed by atoms with Crippen LogP contribution in [0.3, 0.4) is 0 Å². The summed E-state index contributed by atoms with van der Waals surface area (Å²) in [5.41, 5.74) is 2.17. The third kappa shape index (κ3) is 4.42. The molecule has 1 saturated heterocycles. The summed E-state index contributed by atoms with van der Waals surface area (Å²) < 4.78 is 5.23. The Kier molecular flexibility index (Phi) is 6.35. The molecule has 0 unspecified atom stereocenters. The topological polar surface area (TPSA) is 36.0 Å². The van der Waals surface area contributed by atoms with Crippen molar-refractivity contribution in [2.75, 3.05) is 49.6 Å². The number of hydrogen-bond acceptors (Lipinski definition) is 4. The van der Waals surface area contributed by atoms with Crippen LogP contribution in [0.1, 0.15) is 13.8 Å². The predicted octanol–water partition coefficient (Wildman–Crippen LogP) is 3.26. The second-order valence-corrected chi connectivity index (χ2v) is 6.82. The molecule has 3 rings (SSSR count). The molecule has 1 aliphatic rings. The third-order valence-corrected chi connectivity index (χ3v) is 5.31. The van der Waals surface area contributed by atoms with Crippen LogP contribution in [0, 0.1) is 0 Å². The summed E-state index contributed by atoms with van der Waals surface area (Å²) in [6, 6.07) is 18.0. The van der Waals surface area contributed by atoms with Gasteiger partial charge in [-0.15, -0.1) is 0 Å². The van der Waals surface area contributed by atoms with Gasteiger partial charge in [-0.2, -0.15) is 0 Å². The zero-order valence-electron chi connectivity index (χ0n) is 16.5. The first-order valence-corrected chi connectivity index (χ1v) is 9.63. The van der Waals surface area contributed by atoms with Gasteiger partial charge in [0.25, 0.3) is 0 Å². The molecule has 0 aliphatic carbocycles. The fourth-order valence-electron chi connectivity index (χ4n) is 3.62. The number of piperazine rings is 1. The summed E-state index contributed by atoms with van der Waals surface area (Å²) in [7, 11) is 1.68. The molecule has 144 valence electrons. The van der Waals surface area contributed by atoms with Gasteiger partial charge in [-0.05, 0) is 50.2 Å². The smallest absolute Gasteiger partial charge is 0.244 e. The van der Waals surface area contributed by atoms with E-state index in [1.54, 1.807) is 7.11 Å². The van der Waals surface area contributed by atoms with Crippen LogP contribution in [-0.2, 0) is 4.79 Å². The van der Waals surface area contributed by atoms with Gasteiger partial charge < -0.3 is 14.5 Å². The summed E-state index contributed by atoms with van der Waals surface area (Å²) in [6.07, 6.45) is 0. The van der Waals surface area contributed by atoms with E-state index in [0.29, 0.717) is 6.54 Å². The molecule has 0 N–H and O–H groups in total. The summed E-state index contributed by atoms with van der Waals surface area (Å²) >= 11 is 0. The lowest BCUT2D eigenvalue weighted by Gasteiger charge is -2.39. The highest BCUT2D eigenvalue weighted by atomic mass is 16.5. The second-order valence-electron chi connectivity index (χ2n) is 6.82. The van der Waals surface area contributed by atoms with Crippen molar-refractivity contribution < 1.29 is 9.53 Å². The Balaban J connectivity index is 1.60. The lowest BCUT2D eigenvalue weighted by Crippen LogP contribution is -2.54. The number of likely N-dealkylation sites (N-methyl/N-ethyl adjacent to an activating group) is 1. The van der Waals surface area contributed by atoms with Gasteiger partial charge in [-0.1, -0.05) is 18.2 Å². The monoisotopic (exact) mass is 367 g/mol. The van der Waals surface area contributed by atoms with E-state index in [-0.39, 0.29) is 11.9 Å². The standard InChI is InChI=1S/C22H29N3O2/c1-4-25(20-8-6-5-7-9-20)22(26)18(2)23-14-16-24(17-15-23)19-10-12-21(27-3)13-11-19/h5-13,18H,4,14-17H2,1-3H3/t18-/m1/s1. The first-order valence-electron chi connectivity index (χ1n) is 9.63. The molecule has 2 aromatic rings. The highest BCUT2D eigenvalue weighted by Gasteiger charge is 2.28.